The van der Waals surface area contributed by atoms with Crippen molar-refractivity contribution in [3.8, 4) is 0 Å². The molecule has 180 valence electrons. The van der Waals surface area contributed by atoms with E-state index >= 15 is 0 Å². The van der Waals surface area contributed by atoms with E-state index < -0.39 is 11.1 Å². The highest BCUT2D eigenvalue weighted by Gasteiger charge is 2.37. The van der Waals surface area contributed by atoms with Crippen molar-refractivity contribution in [3.63, 3.8) is 0 Å². The number of amides is 3. The molecule has 0 aliphatic carbocycles. The summed E-state index contributed by atoms with van der Waals surface area (Å²) in [4.78, 5) is 41.4. The molecule has 3 heterocycles. The van der Waals surface area contributed by atoms with Crippen LogP contribution in [0.5, 0.6) is 0 Å². The fraction of sp³-hybridized carbons (Fsp3) is 0.269. The van der Waals surface area contributed by atoms with Gasteiger partial charge in [-0.2, -0.15) is 0 Å². The van der Waals surface area contributed by atoms with E-state index in [2.05, 4.69) is 38.7 Å². The summed E-state index contributed by atoms with van der Waals surface area (Å²) in [6.45, 7) is 4.35. The summed E-state index contributed by atoms with van der Waals surface area (Å²) in [5.74, 6) is -0.662. The quantitative estimate of drug-likeness (QED) is 0.430. The number of carbonyl (C=O) groups is 3. The van der Waals surface area contributed by atoms with E-state index in [4.69, 9.17) is 4.74 Å². The first kappa shape index (κ1) is 23.8. The second-order valence-electron chi connectivity index (χ2n) is 8.49. The number of nitrogens with zero attached hydrogens (tertiary/aromatic N) is 3. The summed E-state index contributed by atoms with van der Waals surface area (Å²) in [6.07, 6.45) is 1.79. The van der Waals surface area contributed by atoms with Crippen molar-refractivity contribution in [1.82, 2.24) is 14.4 Å². The predicted molar refractivity (Wildman–Crippen MR) is 140 cm³/mol. The second-order valence-corrected chi connectivity index (χ2v) is 10.4. The van der Waals surface area contributed by atoms with Crippen molar-refractivity contribution in [2.75, 3.05) is 32.8 Å². The zero-order valence-corrected chi connectivity index (χ0v) is 21.6. The minimum Gasteiger partial charge on any atom is -0.378 e. The van der Waals surface area contributed by atoms with Gasteiger partial charge in [-0.05, 0) is 48.5 Å². The lowest BCUT2D eigenvalue weighted by Crippen LogP contribution is -2.46. The van der Waals surface area contributed by atoms with E-state index in [1.807, 2.05) is 37.3 Å². The molecular formula is C26H24BrN3O4S. The number of morpholine rings is 1. The molecule has 2 aromatic carbocycles. The Morgan fingerprint density at radius 3 is 2.54 bits per heavy atom. The van der Waals surface area contributed by atoms with E-state index in [0.717, 1.165) is 48.9 Å². The first-order chi connectivity index (χ1) is 16.9. The molecule has 0 spiro atoms. The number of hydrogen-bond acceptors (Lipinski definition) is 5. The Morgan fingerprint density at radius 2 is 1.80 bits per heavy atom. The normalized spacial score (nSPS) is 17.7. The SMILES string of the molecule is Cc1c(/C=C2/SC(=O)N(CC(=O)N3CCOCC3)C2=O)c2ccccc2n1Cc1ccc(Br)cc1. The van der Waals surface area contributed by atoms with E-state index in [1.165, 1.54) is 0 Å². The number of para-hydroxylation sites is 1. The molecule has 2 aliphatic rings. The van der Waals surface area contributed by atoms with Crippen LogP contribution in [0, 0.1) is 6.92 Å². The third-order valence-electron chi connectivity index (χ3n) is 6.34. The fourth-order valence-electron chi connectivity index (χ4n) is 4.43. The lowest BCUT2D eigenvalue weighted by atomic mass is 10.1. The van der Waals surface area contributed by atoms with E-state index in [1.54, 1.807) is 11.0 Å². The number of aromatic nitrogens is 1. The van der Waals surface area contributed by atoms with Gasteiger partial charge >= 0.3 is 0 Å². The van der Waals surface area contributed by atoms with Crippen LogP contribution in [0.4, 0.5) is 4.79 Å². The number of thioether (sulfide) groups is 1. The summed E-state index contributed by atoms with van der Waals surface area (Å²) in [5, 5.41) is 0.595. The molecule has 3 amide bonds. The molecule has 0 radical (unpaired) electrons. The molecule has 0 saturated carbocycles. The van der Waals surface area contributed by atoms with Gasteiger partial charge in [-0.15, -0.1) is 0 Å². The van der Waals surface area contributed by atoms with Crippen LogP contribution < -0.4 is 0 Å². The van der Waals surface area contributed by atoms with Crippen LogP contribution in [0.2, 0.25) is 0 Å². The van der Waals surface area contributed by atoms with Crippen LogP contribution in [0.25, 0.3) is 17.0 Å². The number of hydrogen-bond donors (Lipinski definition) is 0. The Balaban J connectivity index is 1.44. The minimum atomic E-state index is -0.425. The monoisotopic (exact) mass is 553 g/mol. The van der Waals surface area contributed by atoms with Crippen molar-refractivity contribution in [2.45, 2.75) is 13.5 Å². The first-order valence-corrected chi connectivity index (χ1v) is 13.0. The van der Waals surface area contributed by atoms with Crippen LogP contribution in [0.1, 0.15) is 16.8 Å². The van der Waals surface area contributed by atoms with Crippen molar-refractivity contribution >= 4 is 61.7 Å². The van der Waals surface area contributed by atoms with Crippen LogP contribution >= 0.6 is 27.7 Å². The Hall–Kier alpha value is -2.88. The van der Waals surface area contributed by atoms with Crippen molar-refractivity contribution in [1.29, 1.82) is 0 Å². The fourth-order valence-corrected chi connectivity index (χ4v) is 5.52. The maximum Gasteiger partial charge on any atom is 0.294 e. The smallest absolute Gasteiger partial charge is 0.294 e. The standard InChI is InChI=1S/C26H24BrN3O4S/c1-17-21(20-4-2-3-5-22(20)29(17)15-18-6-8-19(27)9-7-18)14-23-25(32)30(26(33)35-23)16-24(31)28-10-12-34-13-11-28/h2-9,14H,10-13,15-16H2,1H3/b23-14+. The highest BCUT2D eigenvalue weighted by Crippen LogP contribution is 2.36. The molecule has 0 unspecified atom stereocenters. The number of fused-ring (bicyclic) bond motifs is 1. The van der Waals surface area contributed by atoms with Gasteiger partial charge in [-0.1, -0.05) is 46.3 Å². The van der Waals surface area contributed by atoms with Gasteiger partial charge in [-0.25, -0.2) is 0 Å². The summed E-state index contributed by atoms with van der Waals surface area (Å²) in [6, 6.07) is 16.2. The zero-order chi connectivity index (χ0) is 24.5. The molecule has 2 fully saturated rings. The predicted octanol–water partition coefficient (Wildman–Crippen LogP) is 4.66. The van der Waals surface area contributed by atoms with E-state index in [0.29, 0.717) is 37.8 Å². The third-order valence-corrected chi connectivity index (χ3v) is 7.78. The number of carbonyl (C=O) groups excluding carboxylic acids is 3. The molecule has 35 heavy (non-hydrogen) atoms. The summed E-state index contributed by atoms with van der Waals surface area (Å²) < 4.78 is 8.52. The van der Waals surface area contributed by atoms with Gasteiger partial charge in [-0.3, -0.25) is 19.3 Å². The van der Waals surface area contributed by atoms with Gasteiger partial charge in [0, 0.05) is 46.3 Å². The van der Waals surface area contributed by atoms with Gasteiger partial charge in [0.2, 0.25) is 5.91 Å². The highest BCUT2D eigenvalue weighted by molar-refractivity contribution is 9.10. The summed E-state index contributed by atoms with van der Waals surface area (Å²) in [5.41, 5.74) is 4.12. The van der Waals surface area contributed by atoms with Gasteiger partial charge in [0.05, 0.1) is 18.1 Å². The van der Waals surface area contributed by atoms with Crippen molar-refractivity contribution in [3.05, 3.63) is 74.7 Å². The first-order valence-electron chi connectivity index (χ1n) is 11.4. The molecule has 0 atom stereocenters. The van der Waals surface area contributed by atoms with Crippen LogP contribution in [0.15, 0.2) is 57.9 Å². The number of ether oxygens (including phenoxy) is 1. The largest absolute Gasteiger partial charge is 0.378 e. The highest BCUT2D eigenvalue weighted by atomic mass is 79.9. The average molecular weight is 554 g/mol. The Kier molecular flexibility index (Phi) is 6.82. The Labute approximate surface area is 215 Å². The van der Waals surface area contributed by atoms with Crippen molar-refractivity contribution < 1.29 is 19.1 Å². The minimum absolute atomic E-state index is 0.237. The maximum absolute atomic E-state index is 13.1. The lowest BCUT2D eigenvalue weighted by molar-refractivity contribution is -0.139. The number of benzene rings is 2. The van der Waals surface area contributed by atoms with Gasteiger partial charge in [0.25, 0.3) is 11.1 Å². The third kappa shape index (κ3) is 4.80. The molecule has 7 nitrogen and oxygen atoms in total. The van der Waals surface area contributed by atoms with E-state index in [9.17, 15) is 14.4 Å². The van der Waals surface area contributed by atoms with Crippen LogP contribution in [-0.2, 0) is 20.9 Å². The maximum atomic E-state index is 13.1. The number of rotatable bonds is 5. The molecule has 9 heteroatoms. The molecular weight excluding hydrogens is 530 g/mol. The van der Waals surface area contributed by atoms with Crippen molar-refractivity contribution in [2.24, 2.45) is 0 Å². The lowest BCUT2D eigenvalue weighted by Gasteiger charge is -2.28. The second kappa shape index (κ2) is 10.0. The molecule has 2 aliphatic heterocycles. The van der Waals surface area contributed by atoms with Gasteiger partial charge < -0.3 is 14.2 Å². The number of imide groups is 1. The van der Waals surface area contributed by atoms with Gasteiger partial charge in [0.1, 0.15) is 6.54 Å². The van der Waals surface area contributed by atoms with E-state index in [-0.39, 0.29) is 12.5 Å². The Bertz CT molecular complexity index is 1340. The Morgan fingerprint density at radius 1 is 1.09 bits per heavy atom. The van der Waals surface area contributed by atoms with Gasteiger partial charge in [0.15, 0.2) is 0 Å². The molecule has 5 rings (SSSR count). The zero-order valence-electron chi connectivity index (χ0n) is 19.2. The topological polar surface area (TPSA) is 71.9 Å². The molecule has 0 bridgehead atoms. The molecule has 2 saturated heterocycles. The molecule has 0 N–H and O–H groups in total. The average Bonchev–Trinajstić information content (AvgIpc) is 3.29. The summed E-state index contributed by atoms with van der Waals surface area (Å²) >= 11 is 4.37. The number of halogens is 1. The van der Waals surface area contributed by atoms with Crippen LogP contribution in [0.3, 0.4) is 0 Å². The molecule has 1 aromatic heterocycles. The summed E-state index contributed by atoms with van der Waals surface area (Å²) in [7, 11) is 0. The molecule has 3 aromatic rings. The van der Waals surface area contributed by atoms with Crippen LogP contribution in [-0.4, -0.2) is 64.3 Å².